The summed E-state index contributed by atoms with van der Waals surface area (Å²) in [7, 11) is 0. The highest BCUT2D eigenvalue weighted by Gasteiger charge is 2.28. The van der Waals surface area contributed by atoms with Crippen LogP contribution in [-0.2, 0) is 0 Å². The highest BCUT2D eigenvalue weighted by Crippen LogP contribution is 2.34. The number of nitrogens with zero attached hydrogens (tertiary/aromatic N) is 7. The Morgan fingerprint density at radius 2 is 1.92 bits per heavy atom. The number of aromatic nitrogens is 5. The highest BCUT2D eigenvalue weighted by molar-refractivity contribution is 9.10. The van der Waals surface area contributed by atoms with Crippen molar-refractivity contribution < 1.29 is 4.79 Å². The Morgan fingerprint density at radius 3 is 2.57 bits per heavy atom. The number of piperazine rings is 1. The summed E-state index contributed by atoms with van der Waals surface area (Å²) in [5.74, 6) is 3.58. The largest absolute Gasteiger partial charge is 0.368 e. The number of hydrogen-bond acceptors (Lipinski definition) is 6. The van der Waals surface area contributed by atoms with Crippen molar-refractivity contribution in [2.75, 3.05) is 31.1 Å². The number of fused-ring (bicyclic) bond motifs is 1. The molecule has 0 spiro atoms. The molecule has 188 valence electrons. The molecule has 0 unspecified atom stereocenters. The van der Waals surface area contributed by atoms with Gasteiger partial charge in [-0.25, -0.2) is 14.6 Å². The van der Waals surface area contributed by atoms with Crippen LogP contribution in [0.5, 0.6) is 0 Å². The van der Waals surface area contributed by atoms with Crippen LogP contribution in [0.1, 0.15) is 47.9 Å². The Kier molecular flexibility index (Phi) is 6.09. The van der Waals surface area contributed by atoms with Crippen molar-refractivity contribution in [2.45, 2.75) is 39.2 Å². The van der Waals surface area contributed by atoms with E-state index in [4.69, 9.17) is 11.4 Å². The Balaban J connectivity index is 1.38. The van der Waals surface area contributed by atoms with E-state index in [1.165, 1.54) is 26.2 Å². The van der Waals surface area contributed by atoms with Crippen LogP contribution in [0.15, 0.2) is 41.1 Å². The van der Waals surface area contributed by atoms with Crippen molar-refractivity contribution in [3.05, 3.63) is 58.1 Å². The summed E-state index contributed by atoms with van der Waals surface area (Å²) in [4.78, 5) is 27.0. The van der Waals surface area contributed by atoms with Crippen LogP contribution in [0.3, 0.4) is 0 Å². The summed E-state index contributed by atoms with van der Waals surface area (Å²) in [6, 6.07) is 10.5. The number of ketones is 1. The molecule has 4 aromatic rings. The summed E-state index contributed by atoms with van der Waals surface area (Å²) in [5, 5.41) is 4.47. The predicted molar refractivity (Wildman–Crippen MR) is 148 cm³/mol. The van der Waals surface area contributed by atoms with Crippen LogP contribution < -0.4 is 4.90 Å². The van der Waals surface area contributed by atoms with E-state index >= 15 is 0 Å². The number of terminal acetylenes is 1. The molecular weight excluding hydrogens is 530 g/mol. The zero-order valence-electron chi connectivity index (χ0n) is 21.0. The fraction of sp³-hybridized carbons (Fsp3) is 0.357. The molecular formula is C28H28BrN7O. The number of carbonyl (C=O) groups is 1. The number of imidazole rings is 1. The molecule has 1 saturated carbocycles. The molecule has 8 nitrogen and oxygen atoms in total. The van der Waals surface area contributed by atoms with Crippen LogP contribution in [0.25, 0.3) is 22.7 Å². The monoisotopic (exact) mass is 557 g/mol. The maximum absolute atomic E-state index is 12.4. The zero-order chi connectivity index (χ0) is 25.7. The van der Waals surface area contributed by atoms with E-state index < -0.39 is 0 Å². The zero-order valence-corrected chi connectivity index (χ0v) is 22.6. The molecule has 37 heavy (non-hydrogen) atoms. The minimum atomic E-state index is -0.0889. The molecule has 3 aromatic heterocycles. The van der Waals surface area contributed by atoms with Crippen molar-refractivity contribution in [3.8, 4) is 24.0 Å². The number of aryl methyl sites for hydroxylation is 1. The number of hydrogen-bond donors (Lipinski definition) is 0. The quantitative estimate of drug-likeness (QED) is 0.265. The van der Waals surface area contributed by atoms with Crippen LogP contribution in [0.4, 0.5) is 5.69 Å². The highest BCUT2D eigenvalue weighted by atomic mass is 79.9. The number of benzene rings is 1. The van der Waals surface area contributed by atoms with Crippen molar-refractivity contribution >= 4 is 38.4 Å². The standard InChI is InChI=1S/C28H28BrN7O/c1-4-20-14-18(2)36(32-20)28-22(19(3)37)8-9-27(31-28)35-17-30-24-15-23(29)25(16-26(24)35)34-12-10-33(11-13-34)21-6-5-7-21/h1,8-9,14-17,21H,5-7,10-13H2,2-3H3. The van der Waals surface area contributed by atoms with Crippen molar-refractivity contribution in [3.63, 3.8) is 0 Å². The number of carbonyl (C=O) groups excluding carboxylic acids is 1. The van der Waals surface area contributed by atoms with Gasteiger partial charge in [0.1, 0.15) is 17.8 Å². The molecule has 1 aliphatic heterocycles. The summed E-state index contributed by atoms with van der Waals surface area (Å²) < 4.78 is 4.64. The summed E-state index contributed by atoms with van der Waals surface area (Å²) in [6.07, 6.45) is 11.4. The lowest BCUT2D eigenvalue weighted by atomic mass is 9.91. The van der Waals surface area contributed by atoms with E-state index in [0.29, 0.717) is 22.9 Å². The number of anilines is 1. The lowest BCUT2D eigenvalue weighted by Crippen LogP contribution is -2.52. The maximum atomic E-state index is 12.4. The summed E-state index contributed by atoms with van der Waals surface area (Å²) in [5.41, 5.74) is 4.77. The first-order valence-electron chi connectivity index (χ1n) is 12.6. The summed E-state index contributed by atoms with van der Waals surface area (Å²) in [6.45, 7) is 7.61. The Morgan fingerprint density at radius 1 is 1.14 bits per heavy atom. The van der Waals surface area contributed by atoms with Crippen LogP contribution >= 0.6 is 15.9 Å². The molecule has 2 aliphatic rings. The molecule has 1 aliphatic carbocycles. The normalized spacial score (nSPS) is 16.6. The van der Waals surface area contributed by atoms with Crippen molar-refractivity contribution in [2.24, 2.45) is 0 Å². The average molecular weight is 558 g/mol. The molecule has 0 radical (unpaired) electrons. The van der Waals surface area contributed by atoms with E-state index in [1.807, 2.05) is 17.6 Å². The number of rotatable bonds is 5. The molecule has 0 amide bonds. The molecule has 6 rings (SSSR count). The second-order valence-electron chi connectivity index (χ2n) is 9.84. The average Bonchev–Trinajstić information content (AvgIpc) is 3.45. The number of halogens is 1. The van der Waals surface area contributed by atoms with E-state index in [2.05, 4.69) is 53.9 Å². The molecule has 0 atom stereocenters. The smallest absolute Gasteiger partial charge is 0.166 e. The molecule has 9 heteroatoms. The lowest BCUT2D eigenvalue weighted by Gasteiger charge is -2.43. The van der Waals surface area contributed by atoms with Crippen LogP contribution in [0.2, 0.25) is 0 Å². The predicted octanol–water partition coefficient (Wildman–Crippen LogP) is 4.54. The fourth-order valence-corrected chi connectivity index (χ4v) is 5.87. The van der Waals surface area contributed by atoms with Gasteiger partial charge in [-0.1, -0.05) is 6.42 Å². The van der Waals surface area contributed by atoms with Crippen LogP contribution in [-0.4, -0.2) is 67.2 Å². The molecule has 1 aromatic carbocycles. The number of Topliss-reactive ketones (excluding diaryl/α,β-unsaturated/α-hetero) is 1. The van der Waals surface area contributed by atoms with Gasteiger partial charge in [0.25, 0.3) is 0 Å². The van der Waals surface area contributed by atoms with E-state index in [-0.39, 0.29) is 5.78 Å². The second kappa shape index (κ2) is 9.43. The van der Waals surface area contributed by atoms with Gasteiger partial charge in [-0.2, -0.15) is 5.10 Å². The topological polar surface area (TPSA) is 72.1 Å². The van der Waals surface area contributed by atoms with Gasteiger partial charge in [0.05, 0.1) is 22.3 Å². The van der Waals surface area contributed by atoms with E-state index in [0.717, 1.165) is 59.1 Å². The minimum Gasteiger partial charge on any atom is -0.368 e. The first-order chi connectivity index (χ1) is 17.9. The third kappa shape index (κ3) is 4.24. The molecule has 0 bridgehead atoms. The fourth-order valence-electron chi connectivity index (χ4n) is 5.29. The van der Waals surface area contributed by atoms with Gasteiger partial charge in [0.2, 0.25) is 0 Å². The van der Waals surface area contributed by atoms with Gasteiger partial charge in [-0.05, 0) is 78.9 Å². The van der Waals surface area contributed by atoms with Crippen molar-refractivity contribution in [1.29, 1.82) is 0 Å². The first kappa shape index (κ1) is 23.9. The molecule has 1 saturated heterocycles. The van der Waals surface area contributed by atoms with Gasteiger partial charge in [0.15, 0.2) is 11.6 Å². The third-order valence-electron chi connectivity index (χ3n) is 7.58. The Hall–Kier alpha value is -3.48. The van der Waals surface area contributed by atoms with Crippen molar-refractivity contribution in [1.82, 2.24) is 29.2 Å². The van der Waals surface area contributed by atoms with Gasteiger partial charge >= 0.3 is 0 Å². The third-order valence-corrected chi connectivity index (χ3v) is 8.22. The Labute approximate surface area is 224 Å². The molecule has 0 N–H and O–H groups in total. The molecule has 2 fully saturated rings. The second-order valence-corrected chi connectivity index (χ2v) is 10.7. The minimum absolute atomic E-state index is 0.0889. The van der Waals surface area contributed by atoms with Gasteiger partial charge in [-0.15, -0.1) is 6.42 Å². The van der Waals surface area contributed by atoms with Gasteiger partial charge < -0.3 is 4.90 Å². The SMILES string of the molecule is C#Cc1cc(C)n(-c2nc(-n3cnc4cc(Br)c(N5CCN(C6CCC6)CC5)cc43)ccc2C(C)=O)n1. The van der Waals surface area contributed by atoms with Crippen LogP contribution in [0, 0.1) is 19.3 Å². The van der Waals surface area contributed by atoms with Gasteiger partial charge in [0, 0.05) is 42.4 Å². The molecule has 4 heterocycles. The van der Waals surface area contributed by atoms with E-state index in [9.17, 15) is 4.79 Å². The van der Waals surface area contributed by atoms with E-state index in [1.54, 1.807) is 23.1 Å². The number of pyridine rings is 1. The maximum Gasteiger partial charge on any atom is 0.166 e. The first-order valence-corrected chi connectivity index (χ1v) is 13.4. The summed E-state index contributed by atoms with van der Waals surface area (Å²) >= 11 is 3.79. The van der Waals surface area contributed by atoms with Gasteiger partial charge in [-0.3, -0.25) is 14.3 Å². The Bertz CT molecular complexity index is 1550. The lowest BCUT2D eigenvalue weighted by molar-refractivity contribution is 0.101.